The summed E-state index contributed by atoms with van der Waals surface area (Å²) in [7, 11) is 0. The second-order valence-electron chi connectivity index (χ2n) is 8.48. The molecule has 2 aliphatic heterocycles. The number of hydrazone groups is 1. The van der Waals surface area contributed by atoms with E-state index >= 15 is 0 Å². The van der Waals surface area contributed by atoms with Gasteiger partial charge in [-0.1, -0.05) is 6.07 Å². The zero-order valence-corrected chi connectivity index (χ0v) is 18.6. The number of nitrogens with zero attached hydrogens (tertiary/aromatic N) is 4. The van der Waals surface area contributed by atoms with Gasteiger partial charge in [-0.2, -0.15) is 10.2 Å². The molecule has 2 aromatic carbocycles. The van der Waals surface area contributed by atoms with Crippen LogP contribution in [-0.2, 0) is 0 Å². The Morgan fingerprint density at radius 2 is 1.82 bits per heavy atom. The third-order valence-electron chi connectivity index (χ3n) is 6.06. The molecular weight excluding hydrogens is 447 g/mol. The van der Waals surface area contributed by atoms with Crippen molar-refractivity contribution in [3.8, 4) is 16.9 Å². The van der Waals surface area contributed by atoms with Gasteiger partial charge < -0.3 is 9.64 Å². The van der Waals surface area contributed by atoms with Crippen molar-refractivity contribution >= 4 is 12.2 Å². The van der Waals surface area contributed by atoms with Crippen LogP contribution in [-0.4, -0.2) is 51.5 Å². The first-order chi connectivity index (χ1) is 16.3. The first kappa shape index (κ1) is 22.0. The number of carbonyl (C=O) groups excluding carboxylic acids is 1. The Balaban J connectivity index is 1.25. The van der Waals surface area contributed by atoms with E-state index in [0.717, 1.165) is 28.6 Å². The summed E-state index contributed by atoms with van der Waals surface area (Å²) in [6.07, 6.45) is 1.50. The SMILES string of the molecule is Cc1n[nH]c(C)c1-c1ccc(F)c(OC2CN(C(=O)N3N=CC[C@H]3c3cc(F)cc(F)c3)C2)c1. The van der Waals surface area contributed by atoms with Crippen molar-refractivity contribution in [2.24, 2.45) is 5.10 Å². The standard InChI is InChI=1S/C24H22F3N5O2/c1-13-23(14(2)30-29-13)15-3-4-20(27)22(9-15)34-19-11-31(12-19)24(33)32-21(5-6-28-32)16-7-17(25)10-18(26)8-16/h3-4,6-10,19,21H,5,11-12H2,1-2H3,(H,29,30)/t21-/m0/s1. The lowest BCUT2D eigenvalue weighted by Gasteiger charge is -2.41. The molecule has 0 unspecified atom stereocenters. The lowest BCUT2D eigenvalue weighted by Crippen LogP contribution is -2.58. The Bertz CT molecular complexity index is 1250. The minimum Gasteiger partial charge on any atom is -0.484 e. The van der Waals surface area contributed by atoms with Gasteiger partial charge in [0.2, 0.25) is 0 Å². The molecule has 1 aromatic heterocycles. The monoisotopic (exact) mass is 469 g/mol. The van der Waals surface area contributed by atoms with E-state index in [0.29, 0.717) is 12.0 Å². The van der Waals surface area contributed by atoms with Crippen molar-refractivity contribution < 1.29 is 22.7 Å². The van der Waals surface area contributed by atoms with Gasteiger partial charge in [0, 0.05) is 30.0 Å². The van der Waals surface area contributed by atoms with E-state index in [-0.39, 0.29) is 18.8 Å². The number of halogens is 3. The molecule has 1 atom stereocenters. The van der Waals surface area contributed by atoms with Crippen molar-refractivity contribution in [3.63, 3.8) is 0 Å². The van der Waals surface area contributed by atoms with E-state index in [1.165, 1.54) is 28.1 Å². The van der Waals surface area contributed by atoms with Crippen molar-refractivity contribution in [3.05, 3.63) is 70.8 Å². The van der Waals surface area contributed by atoms with Crippen LogP contribution < -0.4 is 4.74 Å². The van der Waals surface area contributed by atoms with E-state index in [1.807, 2.05) is 13.8 Å². The Morgan fingerprint density at radius 1 is 1.09 bits per heavy atom. The van der Waals surface area contributed by atoms with Crippen molar-refractivity contribution in [1.82, 2.24) is 20.1 Å². The molecule has 0 bridgehead atoms. The number of amides is 2. The molecule has 1 saturated heterocycles. The third-order valence-corrected chi connectivity index (χ3v) is 6.06. The predicted molar refractivity (Wildman–Crippen MR) is 119 cm³/mol. The summed E-state index contributed by atoms with van der Waals surface area (Å²) in [6.45, 7) is 4.23. The zero-order valence-electron chi connectivity index (χ0n) is 18.6. The summed E-state index contributed by atoms with van der Waals surface area (Å²) in [5.74, 6) is -1.82. The molecule has 2 aliphatic rings. The second-order valence-corrected chi connectivity index (χ2v) is 8.48. The number of aromatic nitrogens is 2. The Hall–Kier alpha value is -3.82. The first-order valence-corrected chi connectivity index (χ1v) is 10.8. The van der Waals surface area contributed by atoms with Gasteiger partial charge in [0.15, 0.2) is 11.6 Å². The number of likely N-dealkylation sites (tertiary alicyclic amines) is 1. The van der Waals surface area contributed by atoms with E-state index in [9.17, 15) is 18.0 Å². The molecule has 0 aliphatic carbocycles. The molecule has 0 radical (unpaired) electrons. The van der Waals surface area contributed by atoms with Crippen molar-refractivity contribution in [2.75, 3.05) is 13.1 Å². The highest BCUT2D eigenvalue weighted by Crippen LogP contribution is 2.33. The van der Waals surface area contributed by atoms with E-state index in [4.69, 9.17) is 4.74 Å². The van der Waals surface area contributed by atoms with Crippen molar-refractivity contribution in [1.29, 1.82) is 0 Å². The van der Waals surface area contributed by atoms with Crippen LogP contribution in [0.1, 0.15) is 29.4 Å². The number of urea groups is 1. The van der Waals surface area contributed by atoms with E-state index in [1.54, 1.807) is 18.3 Å². The number of aromatic amines is 1. The topological polar surface area (TPSA) is 73.8 Å². The van der Waals surface area contributed by atoms with Gasteiger partial charge in [-0.05, 0) is 49.2 Å². The molecule has 3 aromatic rings. The molecule has 34 heavy (non-hydrogen) atoms. The number of nitrogens with one attached hydrogen (secondary N) is 1. The maximum atomic E-state index is 14.4. The number of carbonyl (C=O) groups is 1. The number of hydrogen-bond donors (Lipinski definition) is 1. The summed E-state index contributed by atoms with van der Waals surface area (Å²) in [6, 6.07) is 6.84. The maximum absolute atomic E-state index is 14.4. The molecule has 176 valence electrons. The molecule has 3 heterocycles. The van der Waals surface area contributed by atoms with E-state index in [2.05, 4.69) is 15.3 Å². The molecule has 5 rings (SSSR count). The Morgan fingerprint density at radius 3 is 2.50 bits per heavy atom. The highest BCUT2D eigenvalue weighted by atomic mass is 19.1. The van der Waals surface area contributed by atoms with Crippen LogP contribution in [0.2, 0.25) is 0 Å². The highest BCUT2D eigenvalue weighted by Gasteiger charge is 2.39. The number of aryl methyl sites for hydroxylation is 2. The smallest absolute Gasteiger partial charge is 0.341 e. The Kier molecular flexibility index (Phi) is 5.51. The largest absolute Gasteiger partial charge is 0.484 e. The van der Waals surface area contributed by atoms with Gasteiger partial charge >= 0.3 is 6.03 Å². The van der Waals surface area contributed by atoms with Gasteiger partial charge in [0.05, 0.1) is 24.8 Å². The number of benzene rings is 2. The molecule has 1 fully saturated rings. The highest BCUT2D eigenvalue weighted by molar-refractivity contribution is 5.79. The minimum atomic E-state index is -0.711. The molecule has 2 amide bonds. The summed E-state index contributed by atoms with van der Waals surface area (Å²) in [4.78, 5) is 14.4. The lowest BCUT2D eigenvalue weighted by atomic mass is 10.0. The zero-order chi connectivity index (χ0) is 24.0. The minimum absolute atomic E-state index is 0.0990. The summed E-state index contributed by atoms with van der Waals surface area (Å²) < 4.78 is 47.6. The fraction of sp³-hybridized carbons (Fsp3) is 0.292. The Labute approximate surface area is 193 Å². The summed E-state index contributed by atoms with van der Waals surface area (Å²) in [5.41, 5.74) is 3.68. The van der Waals surface area contributed by atoms with Gasteiger partial charge in [-0.3, -0.25) is 5.10 Å². The van der Waals surface area contributed by atoms with Crippen LogP contribution in [0.25, 0.3) is 11.1 Å². The number of rotatable bonds is 4. The van der Waals surface area contributed by atoms with Crippen LogP contribution in [0.3, 0.4) is 0 Å². The predicted octanol–water partition coefficient (Wildman–Crippen LogP) is 4.73. The van der Waals surface area contributed by atoms with E-state index < -0.39 is 35.6 Å². The van der Waals surface area contributed by atoms with Crippen LogP contribution in [0.4, 0.5) is 18.0 Å². The van der Waals surface area contributed by atoms with Crippen molar-refractivity contribution in [2.45, 2.75) is 32.4 Å². The molecular formula is C24H22F3N5O2. The van der Waals surface area contributed by atoms with Crippen LogP contribution in [0.5, 0.6) is 5.75 Å². The lowest BCUT2D eigenvalue weighted by molar-refractivity contribution is 0.0257. The average Bonchev–Trinajstić information content (AvgIpc) is 3.37. The summed E-state index contributed by atoms with van der Waals surface area (Å²) in [5, 5.41) is 12.4. The fourth-order valence-electron chi connectivity index (χ4n) is 4.36. The van der Waals surface area contributed by atoms with Crippen LogP contribution in [0.15, 0.2) is 41.5 Å². The average molecular weight is 469 g/mol. The molecule has 7 nitrogen and oxygen atoms in total. The summed E-state index contributed by atoms with van der Waals surface area (Å²) >= 11 is 0. The molecule has 0 saturated carbocycles. The number of H-pyrrole nitrogens is 1. The number of ether oxygens (including phenoxy) is 1. The first-order valence-electron chi connectivity index (χ1n) is 10.8. The molecule has 1 N–H and O–H groups in total. The van der Waals surface area contributed by atoms with Gasteiger partial charge in [0.1, 0.15) is 17.7 Å². The normalized spacial score (nSPS) is 17.9. The van der Waals surface area contributed by atoms with Gasteiger partial charge in [0.25, 0.3) is 0 Å². The van der Waals surface area contributed by atoms with Crippen LogP contribution in [0, 0.1) is 31.3 Å². The number of hydrogen-bond acceptors (Lipinski definition) is 4. The third kappa shape index (κ3) is 4.00. The fourth-order valence-corrected chi connectivity index (χ4v) is 4.36. The quantitative estimate of drug-likeness (QED) is 0.601. The van der Waals surface area contributed by atoms with Gasteiger partial charge in [-0.15, -0.1) is 0 Å². The molecule has 10 heteroatoms. The maximum Gasteiger partial charge on any atom is 0.341 e. The molecule has 0 spiro atoms. The van der Waals surface area contributed by atoms with Gasteiger partial charge in [-0.25, -0.2) is 23.0 Å². The van der Waals surface area contributed by atoms with Crippen LogP contribution >= 0.6 is 0 Å². The second kappa shape index (κ2) is 8.51.